The molecule has 0 fully saturated rings. The number of phenols is 1. The molecular formula is C13H9ClFNOS. The summed E-state index contributed by atoms with van der Waals surface area (Å²) in [6.07, 6.45) is 0. The normalized spacial score (nSPS) is 10.1. The number of thiocarbonyl (C=S) groups is 1. The van der Waals surface area contributed by atoms with Crippen molar-refractivity contribution in [3.8, 4) is 5.75 Å². The zero-order valence-corrected chi connectivity index (χ0v) is 10.7. The Morgan fingerprint density at radius 1 is 1.17 bits per heavy atom. The lowest BCUT2D eigenvalue weighted by Gasteiger charge is -2.08. The quantitative estimate of drug-likeness (QED) is 0.817. The van der Waals surface area contributed by atoms with Gasteiger partial charge in [-0.25, -0.2) is 4.39 Å². The van der Waals surface area contributed by atoms with Crippen molar-refractivity contribution in [3.63, 3.8) is 0 Å². The van der Waals surface area contributed by atoms with Gasteiger partial charge < -0.3 is 10.4 Å². The Kier molecular flexibility index (Phi) is 3.79. The van der Waals surface area contributed by atoms with Crippen LogP contribution >= 0.6 is 23.8 Å². The van der Waals surface area contributed by atoms with Crippen molar-refractivity contribution in [3.05, 3.63) is 58.9 Å². The van der Waals surface area contributed by atoms with Gasteiger partial charge in [-0.2, -0.15) is 0 Å². The summed E-state index contributed by atoms with van der Waals surface area (Å²) in [6, 6.07) is 10.7. The minimum Gasteiger partial charge on any atom is -0.508 e. The number of halogens is 2. The van der Waals surface area contributed by atoms with E-state index < -0.39 is 5.82 Å². The Labute approximate surface area is 114 Å². The Hall–Kier alpha value is -1.65. The molecule has 18 heavy (non-hydrogen) atoms. The van der Waals surface area contributed by atoms with Gasteiger partial charge in [-0.05, 0) is 42.5 Å². The van der Waals surface area contributed by atoms with Gasteiger partial charge in [0.05, 0.1) is 5.02 Å². The third kappa shape index (κ3) is 2.97. The maximum Gasteiger partial charge on any atom is 0.141 e. The monoisotopic (exact) mass is 281 g/mol. The van der Waals surface area contributed by atoms with Crippen LogP contribution in [0.4, 0.5) is 10.1 Å². The number of aromatic hydroxyl groups is 1. The number of benzene rings is 2. The molecule has 0 aliphatic rings. The van der Waals surface area contributed by atoms with Gasteiger partial charge in [-0.3, -0.25) is 0 Å². The molecule has 0 heterocycles. The largest absolute Gasteiger partial charge is 0.508 e. The average molecular weight is 282 g/mol. The van der Waals surface area contributed by atoms with E-state index in [0.717, 1.165) is 5.56 Å². The maximum absolute atomic E-state index is 13.0. The van der Waals surface area contributed by atoms with Crippen LogP contribution in [0, 0.1) is 5.82 Å². The molecule has 2 rings (SSSR count). The van der Waals surface area contributed by atoms with Gasteiger partial charge in [0.15, 0.2) is 0 Å². The summed E-state index contributed by atoms with van der Waals surface area (Å²) < 4.78 is 13.0. The molecule has 0 saturated heterocycles. The Morgan fingerprint density at radius 3 is 2.44 bits per heavy atom. The van der Waals surface area contributed by atoms with E-state index in [2.05, 4.69) is 5.32 Å². The molecule has 0 aliphatic heterocycles. The summed E-state index contributed by atoms with van der Waals surface area (Å²) >= 11 is 10.9. The topological polar surface area (TPSA) is 32.3 Å². The molecule has 0 aromatic heterocycles. The van der Waals surface area contributed by atoms with Crippen LogP contribution in [0.2, 0.25) is 5.02 Å². The predicted molar refractivity (Wildman–Crippen MR) is 74.8 cm³/mol. The lowest BCUT2D eigenvalue weighted by atomic mass is 10.2. The molecule has 5 heteroatoms. The first kappa shape index (κ1) is 12.8. The fourth-order valence-electron chi connectivity index (χ4n) is 1.39. The SMILES string of the molecule is Oc1ccc(C(=S)Nc2ccc(F)c(Cl)c2)cc1. The van der Waals surface area contributed by atoms with Crippen LogP contribution < -0.4 is 5.32 Å². The number of anilines is 1. The van der Waals surface area contributed by atoms with Crippen molar-refractivity contribution in [1.29, 1.82) is 0 Å². The second-order valence-corrected chi connectivity index (χ2v) is 4.45. The highest BCUT2D eigenvalue weighted by Crippen LogP contribution is 2.20. The smallest absolute Gasteiger partial charge is 0.141 e. The van der Waals surface area contributed by atoms with E-state index in [4.69, 9.17) is 23.8 Å². The van der Waals surface area contributed by atoms with Crippen molar-refractivity contribution in [2.75, 3.05) is 5.32 Å². The van der Waals surface area contributed by atoms with Gasteiger partial charge in [-0.1, -0.05) is 23.8 Å². The van der Waals surface area contributed by atoms with E-state index in [9.17, 15) is 9.50 Å². The fourth-order valence-corrected chi connectivity index (χ4v) is 1.82. The highest BCUT2D eigenvalue weighted by Gasteiger charge is 2.04. The second-order valence-electron chi connectivity index (χ2n) is 3.63. The van der Waals surface area contributed by atoms with Gasteiger partial charge >= 0.3 is 0 Å². The molecule has 2 N–H and O–H groups in total. The van der Waals surface area contributed by atoms with Crippen molar-refractivity contribution >= 4 is 34.5 Å². The number of phenolic OH excluding ortho intramolecular Hbond substituents is 1. The van der Waals surface area contributed by atoms with E-state index in [1.54, 1.807) is 30.3 Å². The first-order valence-corrected chi connectivity index (χ1v) is 5.90. The Balaban J connectivity index is 2.16. The molecule has 0 radical (unpaired) electrons. The van der Waals surface area contributed by atoms with E-state index in [1.165, 1.54) is 12.1 Å². The van der Waals surface area contributed by atoms with Crippen molar-refractivity contribution in [1.82, 2.24) is 0 Å². The van der Waals surface area contributed by atoms with Crippen LogP contribution in [0.25, 0.3) is 0 Å². The summed E-state index contributed by atoms with van der Waals surface area (Å²) in [5.74, 6) is -0.302. The van der Waals surface area contributed by atoms with Crippen molar-refractivity contribution in [2.24, 2.45) is 0 Å². The summed E-state index contributed by atoms with van der Waals surface area (Å²) in [5.41, 5.74) is 1.36. The molecule has 0 amide bonds. The average Bonchev–Trinajstić information content (AvgIpc) is 2.34. The summed E-state index contributed by atoms with van der Waals surface area (Å²) in [5, 5.41) is 12.2. The van der Waals surface area contributed by atoms with Crippen molar-refractivity contribution in [2.45, 2.75) is 0 Å². The number of nitrogens with one attached hydrogen (secondary N) is 1. The molecule has 0 bridgehead atoms. The van der Waals surface area contributed by atoms with Gasteiger partial charge in [0.2, 0.25) is 0 Å². The van der Waals surface area contributed by atoms with E-state index in [-0.39, 0.29) is 10.8 Å². The third-order valence-electron chi connectivity index (χ3n) is 2.31. The van der Waals surface area contributed by atoms with Crippen molar-refractivity contribution < 1.29 is 9.50 Å². The number of hydrogen-bond donors (Lipinski definition) is 2. The van der Waals surface area contributed by atoms with Gasteiger partial charge in [0.1, 0.15) is 16.6 Å². The lowest BCUT2D eigenvalue weighted by Crippen LogP contribution is -2.10. The van der Waals surface area contributed by atoms with Gasteiger partial charge in [-0.15, -0.1) is 0 Å². The number of rotatable bonds is 2. The molecular weight excluding hydrogens is 273 g/mol. The Morgan fingerprint density at radius 2 is 1.83 bits per heavy atom. The molecule has 0 atom stereocenters. The van der Waals surface area contributed by atoms with Crippen LogP contribution in [-0.2, 0) is 0 Å². The number of hydrogen-bond acceptors (Lipinski definition) is 2. The third-order valence-corrected chi connectivity index (χ3v) is 2.93. The molecule has 0 aliphatic carbocycles. The molecule has 0 unspecified atom stereocenters. The Bertz CT molecular complexity index is 586. The molecule has 0 saturated carbocycles. The van der Waals surface area contributed by atoms with E-state index in [0.29, 0.717) is 10.7 Å². The summed E-state index contributed by atoms with van der Waals surface area (Å²) in [4.78, 5) is 0.470. The minimum absolute atomic E-state index is 0.0357. The molecule has 2 aromatic carbocycles. The van der Waals surface area contributed by atoms with Crippen LogP contribution in [0.3, 0.4) is 0 Å². The highest BCUT2D eigenvalue weighted by atomic mass is 35.5. The maximum atomic E-state index is 13.0. The zero-order chi connectivity index (χ0) is 13.1. The predicted octanol–water partition coefficient (Wildman–Crippen LogP) is 3.97. The highest BCUT2D eigenvalue weighted by molar-refractivity contribution is 7.81. The standard InChI is InChI=1S/C13H9ClFNOS/c14-11-7-9(3-6-12(11)15)16-13(18)8-1-4-10(17)5-2-8/h1-7,17H,(H,16,18). The minimum atomic E-state index is -0.474. The van der Waals surface area contributed by atoms with Crippen LogP contribution in [-0.4, -0.2) is 10.1 Å². The van der Waals surface area contributed by atoms with Crippen LogP contribution in [0.5, 0.6) is 5.75 Å². The van der Waals surface area contributed by atoms with Crippen LogP contribution in [0.1, 0.15) is 5.56 Å². The summed E-state index contributed by atoms with van der Waals surface area (Å²) in [7, 11) is 0. The van der Waals surface area contributed by atoms with Crippen LogP contribution in [0.15, 0.2) is 42.5 Å². The van der Waals surface area contributed by atoms with E-state index >= 15 is 0 Å². The molecule has 2 aromatic rings. The molecule has 2 nitrogen and oxygen atoms in total. The van der Waals surface area contributed by atoms with Gasteiger partial charge in [0, 0.05) is 11.3 Å². The van der Waals surface area contributed by atoms with E-state index in [1.807, 2.05) is 0 Å². The fraction of sp³-hybridized carbons (Fsp3) is 0. The summed E-state index contributed by atoms with van der Waals surface area (Å²) in [6.45, 7) is 0. The first-order chi connectivity index (χ1) is 8.56. The molecule has 92 valence electrons. The molecule has 0 spiro atoms. The first-order valence-electron chi connectivity index (χ1n) is 5.12. The van der Waals surface area contributed by atoms with Gasteiger partial charge in [0.25, 0.3) is 0 Å². The zero-order valence-electron chi connectivity index (χ0n) is 9.15. The second kappa shape index (κ2) is 5.33. The lowest BCUT2D eigenvalue weighted by molar-refractivity contribution is 0.475.